The maximum absolute atomic E-state index is 11.5. The highest BCUT2D eigenvalue weighted by atomic mass is 16.5. The summed E-state index contributed by atoms with van der Waals surface area (Å²) in [5.41, 5.74) is 0.431. The maximum Gasteiger partial charge on any atom is 0.336 e. The molecule has 0 saturated heterocycles. The average molecular weight is 278 g/mol. The quantitative estimate of drug-likeness (QED) is 0.840. The third-order valence-corrected chi connectivity index (χ3v) is 2.94. The van der Waals surface area contributed by atoms with Crippen molar-refractivity contribution in [3.63, 3.8) is 0 Å². The minimum atomic E-state index is -0.924. The van der Waals surface area contributed by atoms with Crippen LogP contribution < -0.4 is 15.1 Å². The molecule has 2 rings (SSSR count). The van der Waals surface area contributed by atoms with Crippen molar-refractivity contribution in [3.8, 4) is 11.5 Å². The number of hydrogen-bond donors (Lipinski definition) is 1. The second-order valence-corrected chi connectivity index (χ2v) is 4.19. The molecule has 6 heteroatoms. The summed E-state index contributed by atoms with van der Waals surface area (Å²) < 4.78 is 15.4. The van der Waals surface area contributed by atoms with Gasteiger partial charge in [-0.25, -0.2) is 4.79 Å². The number of methoxy groups -OCH3 is 2. The Morgan fingerprint density at radius 2 is 1.85 bits per heavy atom. The molecule has 0 saturated carbocycles. The van der Waals surface area contributed by atoms with E-state index in [1.807, 2.05) is 0 Å². The van der Waals surface area contributed by atoms with Gasteiger partial charge in [0.15, 0.2) is 11.5 Å². The number of rotatable bonds is 5. The van der Waals surface area contributed by atoms with Crippen molar-refractivity contribution in [1.82, 2.24) is 0 Å². The van der Waals surface area contributed by atoms with Gasteiger partial charge < -0.3 is 19.0 Å². The lowest BCUT2D eigenvalue weighted by atomic mass is 10.0. The van der Waals surface area contributed by atoms with Crippen LogP contribution in [0.1, 0.15) is 12.0 Å². The van der Waals surface area contributed by atoms with E-state index >= 15 is 0 Å². The normalized spacial score (nSPS) is 10.5. The monoisotopic (exact) mass is 278 g/mol. The minimum absolute atomic E-state index is 0.0626. The molecule has 1 N–H and O–H groups in total. The molecule has 20 heavy (non-hydrogen) atoms. The molecule has 6 nitrogen and oxygen atoms in total. The summed E-state index contributed by atoms with van der Waals surface area (Å²) >= 11 is 0. The number of carboxylic acid groups (broad SMARTS) is 1. The highest BCUT2D eigenvalue weighted by molar-refractivity contribution is 5.84. The molecule has 0 aliphatic rings. The zero-order valence-corrected chi connectivity index (χ0v) is 11.1. The summed E-state index contributed by atoms with van der Waals surface area (Å²) in [6.07, 6.45) is 0.180. The van der Waals surface area contributed by atoms with Gasteiger partial charge in [-0.2, -0.15) is 0 Å². The second-order valence-electron chi connectivity index (χ2n) is 4.19. The zero-order chi connectivity index (χ0) is 14.7. The van der Waals surface area contributed by atoms with Crippen molar-refractivity contribution in [1.29, 1.82) is 0 Å². The highest BCUT2D eigenvalue weighted by Gasteiger charge is 2.12. The van der Waals surface area contributed by atoms with E-state index in [4.69, 9.17) is 19.0 Å². The first kappa shape index (κ1) is 13.9. The Morgan fingerprint density at radius 3 is 2.45 bits per heavy atom. The van der Waals surface area contributed by atoms with Gasteiger partial charge in [0.05, 0.1) is 14.2 Å². The molecule has 0 amide bonds. The number of benzene rings is 1. The molecule has 1 heterocycles. The SMILES string of the molecule is COc1cc2oc(=O)cc(CCC(=O)O)c2cc1OC. The number of hydrogen-bond acceptors (Lipinski definition) is 5. The van der Waals surface area contributed by atoms with Gasteiger partial charge in [-0.05, 0) is 18.1 Å². The molecule has 0 aliphatic carbocycles. The Labute approximate surface area is 114 Å². The van der Waals surface area contributed by atoms with E-state index in [9.17, 15) is 9.59 Å². The van der Waals surface area contributed by atoms with E-state index in [2.05, 4.69) is 0 Å². The van der Waals surface area contributed by atoms with Gasteiger partial charge in [0.25, 0.3) is 0 Å². The van der Waals surface area contributed by atoms with Gasteiger partial charge in [-0.3, -0.25) is 4.79 Å². The molecule has 0 atom stereocenters. The van der Waals surface area contributed by atoms with Crippen LogP contribution in [0.3, 0.4) is 0 Å². The van der Waals surface area contributed by atoms with Crippen LogP contribution in [0.15, 0.2) is 27.4 Å². The topological polar surface area (TPSA) is 86.0 Å². The second kappa shape index (κ2) is 5.64. The van der Waals surface area contributed by atoms with Crippen LogP contribution in [0.2, 0.25) is 0 Å². The fraction of sp³-hybridized carbons (Fsp3) is 0.286. The fourth-order valence-electron chi connectivity index (χ4n) is 2.00. The average Bonchev–Trinajstić information content (AvgIpc) is 2.42. The summed E-state index contributed by atoms with van der Waals surface area (Å²) in [4.78, 5) is 22.2. The van der Waals surface area contributed by atoms with E-state index in [0.717, 1.165) is 0 Å². The lowest BCUT2D eigenvalue weighted by Crippen LogP contribution is -2.04. The minimum Gasteiger partial charge on any atom is -0.493 e. The maximum atomic E-state index is 11.5. The number of carbonyl (C=O) groups is 1. The summed E-state index contributed by atoms with van der Waals surface area (Å²) in [5, 5.41) is 9.39. The van der Waals surface area contributed by atoms with E-state index in [1.165, 1.54) is 20.3 Å². The van der Waals surface area contributed by atoms with Crippen LogP contribution in [-0.4, -0.2) is 25.3 Å². The number of carboxylic acids is 1. The summed E-state index contributed by atoms with van der Waals surface area (Å²) in [6, 6.07) is 4.53. The van der Waals surface area contributed by atoms with Crippen molar-refractivity contribution < 1.29 is 23.8 Å². The molecule has 0 spiro atoms. The highest BCUT2D eigenvalue weighted by Crippen LogP contribution is 2.33. The third-order valence-electron chi connectivity index (χ3n) is 2.94. The van der Waals surface area contributed by atoms with Crippen LogP contribution in [0.5, 0.6) is 11.5 Å². The first-order chi connectivity index (χ1) is 9.55. The standard InChI is InChI=1S/C14H14O6/c1-18-11-6-9-8(3-4-13(15)16)5-14(17)20-10(9)7-12(11)19-2/h5-7H,3-4H2,1-2H3,(H,15,16). The molecule has 1 aromatic carbocycles. The van der Waals surface area contributed by atoms with E-state index in [0.29, 0.717) is 28.0 Å². The number of ether oxygens (including phenoxy) is 2. The van der Waals surface area contributed by atoms with Crippen molar-refractivity contribution in [2.75, 3.05) is 14.2 Å². The number of aryl methyl sites for hydroxylation is 1. The molecule has 0 aliphatic heterocycles. The van der Waals surface area contributed by atoms with Crippen molar-refractivity contribution in [2.24, 2.45) is 0 Å². The molecule has 0 fully saturated rings. The largest absolute Gasteiger partial charge is 0.493 e. The summed E-state index contributed by atoms with van der Waals surface area (Å²) in [7, 11) is 2.98. The van der Waals surface area contributed by atoms with Crippen molar-refractivity contribution in [2.45, 2.75) is 12.8 Å². The number of fused-ring (bicyclic) bond motifs is 1. The van der Waals surface area contributed by atoms with Crippen LogP contribution in [0, 0.1) is 0 Å². The Hall–Kier alpha value is -2.50. The Morgan fingerprint density at radius 1 is 1.20 bits per heavy atom. The zero-order valence-electron chi connectivity index (χ0n) is 11.1. The molecule has 2 aromatic rings. The van der Waals surface area contributed by atoms with E-state index in [-0.39, 0.29) is 12.8 Å². The summed E-state index contributed by atoms with van der Waals surface area (Å²) in [6.45, 7) is 0. The van der Waals surface area contributed by atoms with Gasteiger partial charge in [0.1, 0.15) is 5.58 Å². The molecule has 1 aromatic heterocycles. The smallest absolute Gasteiger partial charge is 0.336 e. The molecule has 0 unspecified atom stereocenters. The molecular weight excluding hydrogens is 264 g/mol. The fourth-order valence-corrected chi connectivity index (χ4v) is 2.00. The van der Waals surface area contributed by atoms with Gasteiger partial charge >= 0.3 is 11.6 Å². The first-order valence-electron chi connectivity index (χ1n) is 5.95. The molecular formula is C14H14O6. The van der Waals surface area contributed by atoms with Gasteiger partial charge in [-0.15, -0.1) is 0 Å². The Bertz CT molecular complexity index is 701. The van der Waals surface area contributed by atoms with Crippen LogP contribution in [-0.2, 0) is 11.2 Å². The van der Waals surface area contributed by atoms with E-state index < -0.39 is 11.6 Å². The summed E-state index contributed by atoms with van der Waals surface area (Å²) in [5.74, 6) is 0.0100. The van der Waals surface area contributed by atoms with Gasteiger partial charge in [0, 0.05) is 23.9 Å². The molecule has 106 valence electrons. The van der Waals surface area contributed by atoms with Crippen LogP contribution in [0.25, 0.3) is 11.0 Å². The number of aliphatic carboxylic acids is 1. The lowest BCUT2D eigenvalue weighted by Gasteiger charge is -2.10. The molecule has 0 radical (unpaired) electrons. The van der Waals surface area contributed by atoms with Crippen molar-refractivity contribution in [3.05, 3.63) is 34.2 Å². The van der Waals surface area contributed by atoms with Crippen LogP contribution in [0.4, 0.5) is 0 Å². The van der Waals surface area contributed by atoms with Crippen molar-refractivity contribution >= 4 is 16.9 Å². The van der Waals surface area contributed by atoms with E-state index in [1.54, 1.807) is 12.1 Å². The third kappa shape index (κ3) is 2.74. The predicted molar refractivity (Wildman–Crippen MR) is 71.5 cm³/mol. The van der Waals surface area contributed by atoms with Crippen LogP contribution >= 0.6 is 0 Å². The molecule has 0 bridgehead atoms. The predicted octanol–water partition coefficient (Wildman–Crippen LogP) is 1.83. The van der Waals surface area contributed by atoms with Gasteiger partial charge in [-0.1, -0.05) is 0 Å². The Balaban J connectivity index is 2.61. The Kier molecular flexibility index (Phi) is 3.93. The lowest BCUT2D eigenvalue weighted by molar-refractivity contribution is -0.136. The van der Waals surface area contributed by atoms with Gasteiger partial charge in [0.2, 0.25) is 0 Å². The first-order valence-corrected chi connectivity index (χ1v) is 5.95.